The van der Waals surface area contributed by atoms with Gasteiger partial charge in [0.1, 0.15) is 0 Å². The van der Waals surface area contributed by atoms with E-state index in [9.17, 15) is 10.2 Å². The van der Waals surface area contributed by atoms with Crippen LogP contribution < -0.4 is 21.3 Å². The Bertz CT molecular complexity index is 676. The summed E-state index contributed by atoms with van der Waals surface area (Å²) in [5.41, 5.74) is 10.4. The van der Waals surface area contributed by atoms with E-state index in [1.807, 2.05) is 47.4 Å². The first kappa shape index (κ1) is 19.8. The lowest BCUT2D eigenvalue weighted by atomic mass is 10.1. The Morgan fingerprint density at radius 3 is 2.31 bits per heavy atom. The van der Waals surface area contributed by atoms with Crippen molar-refractivity contribution in [1.29, 1.82) is 0 Å². The van der Waals surface area contributed by atoms with Crippen molar-refractivity contribution in [2.75, 3.05) is 60.7 Å². The predicted molar refractivity (Wildman–Crippen MR) is 107 cm³/mol. The van der Waals surface area contributed by atoms with Gasteiger partial charge in [-0.2, -0.15) is 0 Å². The van der Waals surface area contributed by atoms with E-state index in [-0.39, 0.29) is 19.8 Å². The van der Waals surface area contributed by atoms with Crippen LogP contribution in [0.4, 0.5) is 22.7 Å². The van der Waals surface area contributed by atoms with Gasteiger partial charge in [0.15, 0.2) is 0 Å². The molecule has 2 rings (SSSR count). The monoisotopic (exact) mass is 360 g/mol. The molecule has 7 nitrogen and oxygen atoms in total. The van der Waals surface area contributed by atoms with Gasteiger partial charge in [-0.3, -0.25) is 0 Å². The van der Waals surface area contributed by atoms with E-state index in [1.165, 1.54) is 0 Å². The standard InChI is InChI=1S/C19H28N4O3/c20-17-6-5-16(21-7-10-24)13-15(17)14-22-18-3-1-2-4-19(18)23(8-11-25)9-12-26/h1-6,13,21-22,24-26H,7-12,14,20H2. The molecule has 0 atom stereocenters. The van der Waals surface area contributed by atoms with Crippen LogP contribution in [0.3, 0.4) is 0 Å². The number of nitrogens with two attached hydrogens (primary N) is 1. The zero-order valence-electron chi connectivity index (χ0n) is 14.9. The summed E-state index contributed by atoms with van der Waals surface area (Å²) in [4.78, 5) is 1.94. The lowest BCUT2D eigenvalue weighted by Crippen LogP contribution is -2.30. The number of benzene rings is 2. The van der Waals surface area contributed by atoms with Crippen molar-refractivity contribution in [3.63, 3.8) is 0 Å². The molecule has 0 heterocycles. The summed E-state index contributed by atoms with van der Waals surface area (Å²) in [7, 11) is 0. The van der Waals surface area contributed by atoms with Gasteiger partial charge in [0.2, 0.25) is 0 Å². The van der Waals surface area contributed by atoms with Gasteiger partial charge < -0.3 is 36.6 Å². The molecule has 26 heavy (non-hydrogen) atoms. The Kier molecular flexibility index (Phi) is 8.01. The van der Waals surface area contributed by atoms with Crippen molar-refractivity contribution < 1.29 is 15.3 Å². The summed E-state index contributed by atoms with van der Waals surface area (Å²) >= 11 is 0. The quantitative estimate of drug-likeness (QED) is 0.332. The van der Waals surface area contributed by atoms with Crippen molar-refractivity contribution in [3.8, 4) is 0 Å². The first-order chi connectivity index (χ1) is 12.7. The summed E-state index contributed by atoms with van der Waals surface area (Å²) in [6.07, 6.45) is 0. The SMILES string of the molecule is Nc1ccc(NCCO)cc1CNc1ccccc1N(CCO)CCO. The van der Waals surface area contributed by atoms with Crippen LogP contribution in [-0.2, 0) is 6.54 Å². The van der Waals surface area contributed by atoms with Gasteiger partial charge in [0, 0.05) is 37.6 Å². The molecule has 0 aliphatic carbocycles. The van der Waals surface area contributed by atoms with Gasteiger partial charge in [-0.1, -0.05) is 12.1 Å². The lowest BCUT2D eigenvalue weighted by molar-refractivity contribution is 0.281. The molecule has 0 fully saturated rings. The predicted octanol–water partition coefficient (Wildman–Crippen LogP) is 1.08. The third-order valence-corrected chi connectivity index (χ3v) is 4.04. The maximum atomic E-state index is 9.28. The van der Waals surface area contributed by atoms with Gasteiger partial charge >= 0.3 is 0 Å². The summed E-state index contributed by atoms with van der Waals surface area (Å²) < 4.78 is 0. The number of aliphatic hydroxyl groups excluding tert-OH is 3. The Hall–Kier alpha value is -2.48. The number of anilines is 4. The van der Waals surface area contributed by atoms with E-state index < -0.39 is 0 Å². The van der Waals surface area contributed by atoms with Crippen molar-refractivity contribution >= 4 is 22.7 Å². The molecule has 142 valence electrons. The van der Waals surface area contributed by atoms with E-state index >= 15 is 0 Å². The topological polar surface area (TPSA) is 114 Å². The highest BCUT2D eigenvalue weighted by atomic mass is 16.3. The van der Waals surface area contributed by atoms with Crippen molar-refractivity contribution in [1.82, 2.24) is 0 Å². The number of aliphatic hydroxyl groups is 3. The smallest absolute Gasteiger partial charge is 0.0606 e. The highest BCUT2D eigenvalue weighted by Gasteiger charge is 2.10. The third kappa shape index (κ3) is 5.52. The highest BCUT2D eigenvalue weighted by molar-refractivity contribution is 5.70. The minimum atomic E-state index is 0.0137. The normalized spacial score (nSPS) is 10.6. The molecule has 0 aromatic heterocycles. The minimum absolute atomic E-state index is 0.0137. The van der Waals surface area contributed by atoms with Crippen LogP contribution in [0.25, 0.3) is 0 Å². The first-order valence-corrected chi connectivity index (χ1v) is 8.72. The molecule has 0 saturated heterocycles. The average Bonchev–Trinajstić information content (AvgIpc) is 2.66. The summed E-state index contributed by atoms with van der Waals surface area (Å²) in [6.45, 7) is 2.00. The molecule has 0 aliphatic heterocycles. The number of nitrogen functional groups attached to an aromatic ring is 1. The Balaban J connectivity index is 2.14. The molecule has 7 heteroatoms. The minimum Gasteiger partial charge on any atom is -0.398 e. The second-order valence-corrected chi connectivity index (χ2v) is 5.87. The molecule has 0 radical (unpaired) electrons. The van der Waals surface area contributed by atoms with Crippen LogP contribution in [0.15, 0.2) is 42.5 Å². The molecule has 7 N–H and O–H groups in total. The van der Waals surface area contributed by atoms with Crippen molar-refractivity contribution in [3.05, 3.63) is 48.0 Å². The maximum absolute atomic E-state index is 9.28. The van der Waals surface area contributed by atoms with E-state index in [1.54, 1.807) is 0 Å². The average molecular weight is 360 g/mol. The van der Waals surface area contributed by atoms with Gasteiger partial charge in [-0.25, -0.2) is 0 Å². The van der Waals surface area contributed by atoms with Crippen LogP contribution >= 0.6 is 0 Å². The van der Waals surface area contributed by atoms with Gasteiger partial charge in [-0.15, -0.1) is 0 Å². The Labute approximate surface area is 154 Å². The molecule has 0 amide bonds. The third-order valence-electron chi connectivity index (χ3n) is 4.04. The largest absolute Gasteiger partial charge is 0.398 e. The van der Waals surface area contributed by atoms with Gasteiger partial charge in [0.05, 0.1) is 31.2 Å². The van der Waals surface area contributed by atoms with Crippen molar-refractivity contribution in [2.45, 2.75) is 6.54 Å². The number of para-hydroxylation sites is 2. The van der Waals surface area contributed by atoms with E-state index in [0.29, 0.717) is 31.9 Å². The summed E-state index contributed by atoms with van der Waals surface area (Å²) in [6, 6.07) is 13.5. The van der Waals surface area contributed by atoms with Crippen LogP contribution in [0.1, 0.15) is 5.56 Å². The van der Waals surface area contributed by atoms with Crippen LogP contribution in [0.5, 0.6) is 0 Å². The highest BCUT2D eigenvalue weighted by Crippen LogP contribution is 2.27. The first-order valence-electron chi connectivity index (χ1n) is 8.72. The molecule has 0 spiro atoms. The molecule has 2 aromatic carbocycles. The number of rotatable bonds is 11. The van der Waals surface area contributed by atoms with Crippen molar-refractivity contribution in [2.24, 2.45) is 0 Å². The molecule has 0 unspecified atom stereocenters. The molecule has 0 saturated carbocycles. The summed E-state index contributed by atoms with van der Waals surface area (Å²) in [5.74, 6) is 0. The Morgan fingerprint density at radius 2 is 1.62 bits per heavy atom. The van der Waals surface area contributed by atoms with Gasteiger partial charge in [0.25, 0.3) is 0 Å². The van der Waals surface area contributed by atoms with E-state index in [2.05, 4.69) is 10.6 Å². The fraction of sp³-hybridized carbons (Fsp3) is 0.368. The fourth-order valence-electron chi connectivity index (χ4n) is 2.75. The number of hydrogen-bond donors (Lipinski definition) is 6. The molecule has 0 aliphatic rings. The van der Waals surface area contributed by atoms with Crippen LogP contribution in [-0.4, -0.2) is 54.8 Å². The molecule has 2 aromatic rings. The van der Waals surface area contributed by atoms with Crippen LogP contribution in [0, 0.1) is 0 Å². The molecular formula is C19H28N4O3. The zero-order valence-corrected chi connectivity index (χ0v) is 14.9. The second-order valence-electron chi connectivity index (χ2n) is 5.87. The molecule has 0 bridgehead atoms. The van der Waals surface area contributed by atoms with E-state index in [0.717, 1.165) is 22.6 Å². The molecular weight excluding hydrogens is 332 g/mol. The fourth-order valence-corrected chi connectivity index (χ4v) is 2.75. The van der Waals surface area contributed by atoms with E-state index in [4.69, 9.17) is 10.8 Å². The summed E-state index contributed by atoms with van der Waals surface area (Å²) in [5, 5.41) is 34.0. The van der Waals surface area contributed by atoms with Crippen LogP contribution in [0.2, 0.25) is 0 Å². The number of nitrogens with one attached hydrogen (secondary N) is 2. The Morgan fingerprint density at radius 1 is 0.885 bits per heavy atom. The number of nitrogens with zero attached hydrogens (tertiary/aromatic N) is 1. The second kappa shape index (κ2) is 10.5. The lowest BCUT2D eigenvalue weighted by Gasteiger charge is -2.26. The zero-order chi connectivity index (χ0) is 18.8. The van der Waals surface area contributed by atoms with Gasteiger partial charge in [-0.05, 0) is 35.9 Å². The maximum Gasteiger partial charge on any atom is 0.0606 e. The number of hydrogen-bond acceptors (Lipinski definition) is 7.